The van der Waals surface area contributed by atoms with E-state index in [2.05, 4.69) is 64.3 Å². The Morgan fingerprint density at radius 3 is 2.71 bits per heavy atom. The number of hydrogen-bond acceptors (Lipinski definition) is 9. The lowest BCUT2D eigenvalue weighted by atomic mass is 9.96. The zero-order valence-electron chi connectivity index (χ0n) is 23.4. The largest absolute Gasteiger partial charge is 0.383 e. The number of alkyl halides is 2. The van der Waals surface area contributed by atoms with E-state index in [0.717, 1.165) is 21.5 Å². The van der Waals surface area contributed by atoms with E-state index in [9.17, 15) is 14.0 Å². The van der Waals surface area contributed by atoms with Gasteiger partial charge < -0.3 is 16.1 Å². The molecule has 0 unspecified atom stereocenters. The van der Waals surface area contributed by atoms with Crippen molar-refractivity contribution in [3.8, 4) is 18.4 Å². The lowest BCUT2D eigenvalue weighted by Gasteiger charge is -2.25. The van der Waals surface area contributed by atoms with Crippen LogP contribution in [-0.4, -0.2) is 33.5 Å². The van der Waals surface area contributed by atoms with Gasteiger partial charge in [-0.15, -0.1) is 23.3 Å². The molecule has 1 fully saturated rings. The molecule has 1 aliphatic heterocycles. The molecule has 11 heteroatoms. The van der Waals surface area contributed by atoms with Crippen LogP contribution in [0.2, 0.25) is 0 Å². The van der Waals surface area contributed by atoms with E-state index >= 15 is 0 Å². The van der Waals surface area contributed by atoms with Gasteiger partial charge in [0.25, 0.3) is 6.43 Å². The monoisotopic (exact) mass is 584 g/mol. The minimum Gasteiger partial charge on any atom is -0.383 e. The van der Waals surface area contributed by atoms with Gasteiger partial charge in [0.1, 0.15) is 11.6 Å². The zero-order chi connectivity index (χ0) is 29.6. The highest BCUT2D eigenvalue weighted by molar-refractivity contribution is 7.17. The van der Waals surface area contributed by atoms with Crippen LogP contribution in [0.4, 0.5) is 20.2 Å². The number of hydrazine groups is 2. The predicted molar refractivity (Wildman–Crippen MR) is 162 cm³/mol. The summed E-state index contributed by atoms with van der Waals surface area (Å²) in [6, 6.07) is 11.3. The van der Waals surface area contributed by atoms with E-state index < -0.39 is 18.0 Å². The molecule has 214 valence electrons. The molecule has 2 aromatic heterocycles. The van der Waals surface area contributed by atoms with E-state index in [0.29, 0.717) is 52.8 Å². The number of aromatic nitrogens is 2. The topological polar surface area (TPSA) is 101 Å². The zero-order valence-corrected chi connectivity index (χ0v) is 24.2. The van der Waals surface area contributed by atoms with Gasteiger partial charge in [0.15, 0.2) is 0 Å². The third-order valence-electron chi connectivity index (χ3n) is 7.60. The summed E-state index contributed by atoms with van der Waals surface area (Å²) in [6.45, 7) is 7.02. The quantitative estimate of drug-likeness (QED) is 0.180. The first-order valence-corrected chi connectivity index (χ1v) is 14.5. The van der Waals surface area contributed by atoms with E-state index in [1.54, 1.807) is 24.0 Å². The number of fused-ring (bicyclic) bond motifs is 2. The van der Waals surface area contributed by atoms with Crippen LogP contribution in [0, 0.1) is 29.1 Å². The van der Waals surface area contributed by atoms with Gasteiger partial charge in [-0.1, -0.05) is 38.8 Å². The summed E-state index contributed by atoms with van der Waals surface area (Å²) in [6.07, 6.45) is 7.47. The van der Waals surface area contributed by atoms with Crippen LogP contribution in [0.1, 0.15) is 56.3 Å². The standard InChI is InChI=1S/C31H30F2N8S/c1-5-18-14-35-26-19(13-34)11-20(12-22(26)25(18)36-16-30(2,3)4)38-27(21-7-6-8-23-28(21)42-17-37-23)24-15-41(40-39-24)31(9-10-31)29(32)33/h1,6-8,11-12,14-15,17,27,29,38-40H,9-10,16H2,2-4H3,(H,35,36)/t27-/m0/s1. The number of nitrogens with one attached hydrogen (secondary N) is 4. The first-order valence-electron chi connectivity index (χ1n) is 13.6. The number of hydrogen-bond donors (Lipinski definition) is 4. The fraction of sp³-hybridized carbons (Fsp3) is 0.323. The van der Waals surface area contributed by atoms with E-state index in [-0.39, 0.29) is 5.41 Å². The number of rotatable bonds is 8. The highest BCUT2D eigenvalue weighted by Crippen LogP contribution is 2.47. The Bertz CT molecular complexity index is 1790. The maximum Gasteiger partial charge on any atom is 0.262 e. The summed E-state index contributed by atoms with van der Waals surface area (Å²) >= 11 is 1.51. The molecule has 4 aromatic rings. The van der Waals surface area contributed by atoms with Crippen molar-refractivity contribution in [3.63, 3.8) is 0 Å². The van der Waals surface area contributed by atoms with Gasteiger partial charge in [-0.3, -0.25) is 9.99 Å². The molecule has 8 nitrogen and oxygen atoms in total. The third kappa shape index (κ3) is 4.95. The highest BCUT2D eigenvalue weighted by Gasteiger charge is 2.56. The summed E-state index contributed by atoms with van der Waals surface area (Å²) < 4.78 is 28.9. The van der Waals surface area contributed by atoms with Gasteiger partial charge in [-0.2, -0.15) is 5.26 Å². The van der Waals surface area contributed by atoms with Crippen molar-refractivity contribution in [2.24, 2.45) is 5.41 Å². The minimum atomic E-state index is -2.49. The average Bonchev–Trinajstić information content (AvgIpc) is 3.39. The molecular weight excluding hydrogens is 554 g/mol. The lowest BCUT2D eigenvalue weighted by molar-refractivity contribution is 0.00911. The molecule has 0 saturated heterocycles. The van der Waals surface area contributed by atoms with Crippen LogP contribution < -0.4 is 21.6 Å². The molecule has 0 bridgehead atoms. The Balaban J connectivity index is 1.47. The van der Waals surface area contributed by atoms with E-state index in [1.807, 2.05) is 24.3 Å². The third-order valence-corrected chi connectivity index (χ3v) is 8.49. The Morgan fingerprint density at radius 1 is 1.21 bits per heavy atom. The van der Waals surface area contributed by atoms with Crippen LogP contribution in [0.15, 0.2) is 53.9 Å². The molecule has 0 amide bonds. The smallest absolute Gasteiger partial charge is 0.262 e. The number of thiazole rings is 1. The number of pyridine rings is 1. The minimum absolute atomic E-state index is 0.0233. The van der Waals surface area contributed by atoms with Crippen LogP contribution in [0.25, 0.3) is 21.1 Å². The van der Waals surface area contributed by atoms with Gasteiger partial charge in [-0.05, 0) is 42.0 Å². The van der Waals surface area contributed by atoms with Crippen molar-refractivity contribution in [2.75, 3.05) is 17.2 Å². The molecule has 3 heterocycles. The molecule has 0 radical (unpaired) electrons. The number of nitriles is 1. The first kappa shape index (κ1) is 27.7. The average molecular weight is 585 g/mol. The fourth-order valence-corrected chi connectivity index (χ4v) is 5.99. The number of anilines is 2. The highest BCUT2D eigenvalue weighted by atomic mass is 32.1. The SMILES string of the molecule is C#Cc1cnc2c(C#N)cc(N[C@H](C3=CN(C4(C(F)F)CC4)NN3)c3cccc4ncsc34)cc2c1NCC(C)(C)C. The summed E-state index contributed by atoms with van der Waals surface area (Å²) in [4.78, 5) is 9.00. The summed E-state index contributed by atoms with van der Waals surface area (Å²) in [5.41, 5.74) is 11.9. The van der Waals surface area contributed by atoms with Gasteiger partial charge in [-0.25, -0.2) is 13.8 Å². The van der Waals surface area contributed by atoms with Crippen LogP contribution in [0.5, 0.6) is 0 Å². The van der Waals surface area contributed by atoms with Crippen molar-refractivity contribution in [3.05, 3.63) is 70.6 Å². The Kier molecular flexibility index (Phi) is 6.88. The molecule has 6 rings (SSSR count). The Morgan fingerprint density at radius 2 is 2.02 bits per heavy atom. The van der Waals surface area contributed by atoms with Gasteiger partial charge in [0.05, 0.1) is 49.8 Å². The Hall–Kier alpha value is -4.45. The molecule has 2 aromatic carbocycles. The second-order valence-electron chi connectivity index (χ2n) is 11.9. The molecule has 0 spiro atoms. The normalized spacial score (nSPS) is 16.6. The molecule has 4 N–H and O–H groups in total. The molecule has 42 heavy (non-hydrogen) atoms. The number of halogens is 2. The van der Waals surface area contributed by atoms with Crippen LogP contribution >= 0.6 is 11.3 Å². The molecule has 1 saturated carbocycles. The van der Waals surface area contributed by atoms with Crippen LogP contribution in [-0.2, 0) is 0 Å². The van der Waals surface area contributed by atoms with Gasteiger partial charge in [0.2, 0.25) is 0 Å². The molecule has 1 aliphatic carbocycles. The van der Waals surface area contributed by atoms with E-state index in [1.165, 1.54) is 16.3 Å². The maximum absolute atomic E-state index is 13.9. The number of benzene rings is 2. The van der Waals surface area contributed by atoms with E-state index in [4.69, 9.17) is 6.42 Å². The second kappa shape index (κ2) is 10.4. The molecule has 2 aliphatic rings. The molecule has 1 atom stereocenters. The second-order valence-corrected chi connectivity index (χ2v) is 12.7. The van der Waals surface area contributed by atoms with Crippen molar-refractivity contribution in [1.82, 2.24) is 25.9 Å². The maximum atomic E-state index is 13.9. The summed E-state index contributed by atoms with van der Waals surface area (Å²) in [5.74, 6) is 2.72. The fourth-order valence-electron chi connectivity index (χ4n) is 5.16. The number of nitrogens with zero attached hydrogens (tertiary/aromatic N) is 4. The van der Waals surface area contributed by atoms with Crippen molar-refractivity contribution < 1.29 is 8.78 Å². The summed E-state index contributed by atoms with van der Waals surface area (Å²) in [5, 5.41) is 19.4. The lowest BCUT2D eigenvalue weighted by Crippen LogP contribution is -2.48. The van der Waals surface area contributed by atoms with Crippen molar-refractivity contribution in [2.45, 2.75) is 51.6 Å². The first-order chi connectivity index (χ1) is 20.1. The van der Waals surface area contributed by atoms with Crippen LogP contribution in [0.3, 0.4) is 0 Å². The van der Waals surface area contributed by atoms with Crippen molar-refractivity contribution in [1.29, 1.82) is 5.26 Å². The molecular formula is C31H30F2N8S. The van der Waals surface area contributed by atoms with Crippen molar-refractivity contribution >= 4 is 43.8 Å². The Labute approximate surface area is 246 Å². The van der Waals surface area contributed by atoms with Gasteiger partial charge in [0, 0.05) is 30.0 Å². The predicted octanol–water partition coefficient (Wildman–Crippen LogP) is 6.27. The number of terminal acetylenes is 1. The van der Waals surface area contributed by atoms with Gasteiger partial charge >= 0.3 is 0 Å². The summed E-state index contributed by atoms with van der Waals surface area (Å²) in [7, 11) is 0.